The van der Waals surface area contributed by atoms with Gasteiger partial charge in [0.2, 0.25) is 0 Å². The molecule has 2 saturated heterocycles. The molecule has 0 aromatic heterocycles. The highest BCUT2D eigenvalue weighted by Gasteiger charge is 2.44. The average Bonchev–Trinajstić information content (AvgIpc) is 2.76. The standard InChI is InChI=1S/C13H22N2O4/c1-9-7-19-10(2)6-15(9)12(18)14-5-4-13(3,8-14)11(16)17/h9-10H,4-8H2,1-3H3,(H,16,17). The molecule has 2 aliphatic heterocycles. The second-order valence-corrected chi connectivity index (χ2v) is 5.97. The number of morpholine rings is 1. The van der Waals surface area contributed by atoms with Crippen LogP contribution in [-0.4, -0.2) is 65.3 Å². The van der Waals surface area contributed by atoms with Crippen LogP contribution in [0.3, 0.4) is 0 Å². The summed E-state index contributed by atoms with van der Waals surface area (Å²) in [5.74, 6) is -0.828. The lowest BCUT2D eigenvalue weighted by molar-refractivity contribution is -0.147. The highest BCUT2D eigenvalue weighted by atomic mass is 16.5. The van der Waals surface area contributed by atoms with Gasteiger partial charge in [-0.15, -0.1) is 0 Å². The number of carbonyl (C=O) groups is 2. The van der Waals surface area contributed by atoms with Crippen molar-refractivity contribution in [1.29, 1.82) is 0 Å². The van der Waals surface area contributed by atoms with Crippen molar-refractivity contribution in [1.82, 2.24) is 9.80 Å². The summed E-state index contributed by atoms with van der Waals surface area (Å²) in [5, 5.41) is 9.20. The summed E-state index contributed by atoms with van der Waals surface area (Å²) in [4.78, 5) is 27.1. The first-order chi connectivity index (χ1) is 8.83. The number of aliphatic carboxylic acids is 1. The second-order valence-electron chi connectivity index (χ2n) is 5.97. The highest BCUT2D eigenvalue weighted by Crippen LogP contribution is 2.31. The van der Waals surface area contributed by atoms with E-state index >= 15 is 0 Å². The van der Waals surface area contributed by atoms with Gasteiger partial charge in [0.25, 0.3) is 0 Å². The summed E-state index contributed by atoms with van der Waals surface area (Å²) in [7, 11) is 0. The van der Waals surface area contributed by atoms with E-state index in [0.717, 1.165) is 0 Å². The molecule has 0 radical (unpaired) electrons. The topological polar surface area (TPSA) is 70.1 Å². The summed E-state index contributed by atoms with van der Waals surface area (Å²) in [6.07, 6.45) is 0.552. The maximum Gasteiger partial charge on any atom is 0.320 e. The van der Waals surface area contributed by atoms with Crippen LogP contribution in [0.4, 0.5) is 4.79 Å². The van der Waals surface area contributed by atoms with E-state index in [9.17, 15) is 14.7 Å². The fourth-order valence-electron chi connectivity index (χ4n) is 2.65. The van der Waals surface area contributed by atoms with Crippen LogP contribution in [0.1, 0.15) is 27.2 Å². The van der Waals surface area contributed by atoms with Gasteiger partial charge in [-0.25, -0.2) is 4.79 Å². The van der Waals surface area contributed by atoms with E-state index in [0.29, 0.717) is 32.7 Å². The molecule has 2 aliphatic rings. The quantitative estimate of drug-likeness (QED) is 0.772. The van der Waals surface area contributed by atoms with Crippen molar-refractivity contribution in [2.24, 2.45) is 5.41 Å². The van der Waals surface area contributed by atoms with E-state index in [-0.39, 0.29) is 18.2 Å². The molecule has 19 heavy (non-hydrogen) atoms. The SMILES string of the molecule is CC1CN(C(=O)N2CCC(C)(C(=O)O)C2)C(C)CO1. The molecule has 2 amide bonds. The summed E-state index contributed by atoms with van der Waals surface area (Å²) in [6.45, 7) is 7.51. The van der Waals surface area contributed by atoms with Crippen molar-refractivity contribution in [3.05, 3.63) is 0 Å². The van der Waals surface area contributed by atoms with Gasteiger partial charge < -0.3 is 19.6 Å². The summed E-state index contributed by atoms with van der Waals surface area (Å²) in [5.41, 5.74) is -0.809. The first kappa shape index (κ1) is 14.1. The van der Waals surface area contributed by atoms with Gasteiger partial charge in [-0.05, 0) is 27.2 Å². The molecule has 3 unspecified atom stereocenters. The van der Waals surface area contributed by atoms with E-state index in [1.54, 1.807) is 16.7 Å². The van der Waals surface area contributed by atoms with Gasteiger partial charge in [-0.1, -0.05) is 0 Å². The Morgan fingerprint density at radius 1 is 1.37 bits per heavy atom. The number of amides is 2. The molecule has 2 rings (SSSR count). The molecule has 0 saturated carbocycles. The Hall–Kier alpha value is -1.30. The first-order valence-electron chi connectivity index (χ1n) is 6.74. The van der Waals surface area contributed by atoms with Crippen LogP contribution in [0.25, 0.3) is 0 Å². The molecule has 108 valence electrons. The lowest BCUT2D eigenvalue weighted by Crippen LogP contribution is -2.54. The molecule has 6 nitrogen and oxygen atoms in total. The van der Waals surface area contributed by atoms with E-state index in [1.165, 1.54) is 0 Å². The predicted molar refractivity (Wildman–Crippen MR) is 68.9 cm³/mol. The lowest BCUT2D eigenvalue weighted by atomic mass is 9.90. The third kappa shape index (κ3) is 2.68. The number of hydrogen-bond acceptors (Lipinski definition) is 3. The van der Waals surface area contributed by atoms with Crippen LogP contribution < -0.4 is 0 Å². The van der Waals surface area contributed by atoms with Crippen LogP contribution >= 0.6 is 0 Å². The highest BCUT2D eigenvalue weighted by molar-refractivity contribution is 5.79. The monoisotopic (exact) mass is 270 g/mol. The molecule has 0 spiro atoms. The number of ether oxygens (including phenoxy) is 1. The van der Waals surface area contributed by atoms with Gasteiger partial charge in [0.15, 0.2) is 0 Å². The van der Waals surface area contributed by atoms with Crippen molar-refractivity contribution in [3.63, 3.8) is 0 Å². The largest absolute Gasteiger partial charge is 0.481 e. The van der Waals surface area contributed by atoms with Crippen LogP contribution in [-0.2, 0) is 9.53 Å². The minimum atomic E-state index is -0.828. The van der Waals surface area contributed by atoms with E-state index in [1.807, 2.05) is 13.8 Å². The zero-order valence-electron chi connectivity index (χ0n) is 11.8. The van der Waals surface area contributed by atoms with Crippen molar-refractivity contribution in [3.8, 4) is 0 Å². The molecule has 0 aromatic rings. The Balaban J connectivity index is 2.03. The van der Waals surface area contributed by atoms with Gasteiger partial charge in [-0.3, -0.25) is 4.79 Å². The van der Waals surface area contributed by atoms with Gasteiger partial charge in [-0.2, -0.15) is 0 Å². The number of urea groups is 1. The number of carbonyl (C=O) groups excluding carboxylic acids is 1. The number of hydrogen-bond donors (Lipinski definition) is 1. The van der Waals surface area contributed by atoms with Crippen molar-refractivity contribution in [2.75, 3.05) is 26.2 Å². The number of nitrogens with zero attached hydrogens (tertiary/aromatic N) is 2. The predicted octanol–water partition coefficient (Wildman–Crippen LogP) is 1.01. The third-order valence-corrected chi connectivity index (χ3v) is 4.11. The second kappa shape index (κ2) is 5.00. The molecular formula is C13H22N2O4. The van der Waals surface area contributed by atoms with Gasteiger partial charge in [0.05, 0.1) is 24.2 Å². The lowest BCUT2D eigenvalue weighted by Gasteiger charge is -2.39. The molecule has 2 fully saturated rings. The Kier molecular flexibility index (Phi) is 3.71. The fraction of sp³-hybridized carbons (Fsp3) is 0.846. The zero-order chi connectivity index (χ0) is 14.2. The van der Waals surface area contributed by atoms with Crippen molar-refractivity contribution < 1.29 is 19.4 Å². The molecule has 6 heteroatoms. The first-order valence-corrected chi connectivity index (χ1v) is 6.74. The number of carboxylic acids is 1. The van der Waals surface area contributed by atoms with Crippen LogP contribution in [0.5, 0.6) is 0 Å². The Morgan fingerprint density at radius 2 is 2.05 bits per heavy atom. The summed E-state index contributed by atoms with van der Waals surface area (Å²) >= 11 is 0. The summed E-state index contributed by atoms with van der Waals surface area (Å²) < 4.78 is 5.51. The molecule has 2 heterocycles. The van der Waals surface area contributed by atoms with Crippen LogP contribution in [0.15, 0.2) is 0 Å². The molecule has 0 aliphatic carbocycles. The molecule has 1 N–H and O–H groups in total. The summed E-state index contributed by atoms with van der Waals surface area (Å²) in [6, 6.07) is -0.0204. The smallest absolute Gasteiger partial charge is 0.320 e. The van der Waals surface area contributed by atoms with E-state index in [2.05, 4.69) is 0 Å². The van der Waals surface area contributed by atoms with Gasteiger partial charge >= 0.3 is 12.0 Å². The zero-order valence-corrected chi connectivity index (χ0v) is 11.8. The maximum atomic E-state index is 12.5. The van der Waals surface area contributed by atoms with E-state index < -0.39 is 11.4 Å². The van der Waals surface area contributed by atoms with Crippen LogP contribution in [0, 0.1) is 5.41 Å². The van der Waals surface area contributed by atoms with Crippen molar-refractivity contribution in [2.45, 2.75) is 39.3 Å². The normalized spacial score (nSPS) is 35.5. The average molecular weight is 270 g/mol. The van der Waals surface area contributed by atoms with Crippen LogP contribution in [0.2, 0.25) is 0 Å². The molecule has 0 bridgehead atoms. The molecular weight excluding hydrogens is 248 g/mol. The van der Waals surface area contributed by atoms with Gasteiger partial charge in [0.1, 0.15) is 0 Å². The fourth-order valence-corrected chi connectivity index (χ4v) is 2.65. The Morgan fingerprint density at radius 3 is 2.63 bits per heavy atom. The number of likely N-dealkylation sites (tertiary alicyclic amines) is 1. The Bertz CT molecular complexity index is 387. The molecule has 3 atom stereocenters. The van der Waals surface area contributed by atoms with Crippen molar-refractivity contribution >= 4 is 12.0 Å². The maximum absolute atomic E-state index is 12.5. The molecule has 0 aromatic carbocycles. The Labute approximate surface area is 113 Å². The van der Waals surface area contributed by atoms with Gasteiger partial charge in [0, 0.05) is 19.6 Å². The van der Waals surface area contributed by atoms with E-state index in [4.69, 9.17) is 4.74 Å². The minimum Gasteiger partial charge on any atom is -0.481 e. The minimum absolute atomic E-state index is 0.0358. The third-order valence-electron chi connectivity index (χ3n) is 4.11. The number of rotatable bonds is 1. The number of carboxylic acid groups (broad SMARTS) is 1.